The Morgan fingerprint density at radius 1 is 0.842 bits per heavy atom. The molecule has 0 saturated carbocycles. The van der Waals surface area contributed by atoms with Crippen molar-refractivity contribution in [2.45, 2.75) is 59.3 Å². The smallest absolute Gasteiger partial charge is 0.0742 e. The van der Waals surface area contributed by atoms with Crippen LogP contribution in [0.1, 0.15) is 58.2 Å². The normalized spacial score (nSPS) is 13.0. The molecule has 0 radical (unpaired) electrons. The van der Waals surface area contributed by atoms with E-state index in [2.05, 4.69) is 72.9 Å². The van der Waals surface area contributed by atoms with Crippen molar-refractivity contribution >= 4 is 10.9 Å². The lowest BCUT2D eigenvalue weighted by atomic mass is 9.81. The molecule has 0 spiro atoms. The monoisotopic (exact) mass is 255 g/mol. The van der Waals surface area contributed by atoms with E-state index in [4.69, 9.17) is 4.98 Å². The Bertz CT molecular complexity index is 610. The van der Waals surface area contributed by atoms with Gasteiger partial charge in [0.25, 0.3) is 0 Å². The highest BCUT2D eigenvalue weighted by Gasteiger charge is 2.22. The Kier molecular flexibility index (Phi) is 3.20. The molecule has 1 heteroatoms. The molecule has 0 saturated heterocycles. The molecule has 2 aromatic rings. The Balaban J connectivity index is 2.81. The summed E-state index contributed by atoms with van der Waals surface area (Å²) in [7, 11) is 0. The van der Waals surface area contributed by atoms with Gasteiger partial charge in [-0.1, -0.05) is 59.7 Å². The zero-order valence-electron chi connectivity index (χ0n) is 13.3. The van der Waals surface area contributed by atoms with E-state index in [-0.39, 0.29) is 10.8 Å². The maximum Gasteiger partial charge on any atom is 0.0742 e. The minimum atomic E-state index is 0.127. The van der Waals surface area contributed by atoms with Crippen molar-refractivity contribution in [3.05, 3.63) is 41.1 Å². The standard InChI is InChI=1S/C18H25N/c1-12-13-9-8-10-14(17(2,3)4)16(13)19-11-15(12)18(5,6)7/h8-11H,1-7H3. The van der Waals surface area contributed by atoms with Crippen LogP contribution < -0.4 is 0 Å². The lowest BCUT2D eigenvalue weighted by Gasteiger charge is -2.25. The van der Waals surface area contributed by atoms with Gasteiger partial charge < -0.3 is 0 Å². The molecule has 0 atom stereocenters. The first kappa shape index (κ1) is 14.0. The van der Waals surface area contributed by atoms with E-state index in [0.717, 1.165) is 5.52 Å². The van der Waals surface area contributed by atoms with Gasteiger partial charge in [-0.3, -0.25) is 4.98 Å². The number of aromatic nitrogens is 1. The average molecular weight is 255 g/mol. The van der Waals surface area contributed by atoms with Crippen molar-refractivity contribution in [2.75, 3.05) is 0 Å². The van der Waals surface area contributed by atoms with Crippen molar-refractivity contribution in [2.24, 2.45) is 0 Å². The van der Waals surface area contributed by atoms with Gasteiger partial charge in [-0.15, -0.1) is 0 Å². The van der Waals surface area contributed by atoms with Crippen molar-refractivity contribution in [1.82, 2.24) is 4.98 Å². The summed E-state index contributed by atoms with van der Waals surface area (Å²) in [6.45, 7) is 15.7. The number of para-hydroxylation sites is 1. The van der Waals surface area contributed by atoms with Crippen LogP contribution in [-0.2, 0) is 10.8 Å². The molecule has 19 heavy (non-hydrogen) atoms. The highest BCUT2D eigenvalue weighted by molar-refractivity contribution is 5.86. The number of aryl methyl sites for hydroxylation is 1. The Hall–Kier alpha value is -1.37. The molecular weight excluding hydrogens is 230 g/mol. The molecule has 0 aliphatic carbocycles. The van der Waals surface area contributed by atoms with Gasteiger partial charge in [0.2, 0.25) is 0 Å². The summed E-state index contributed by atoms with van der Waals surface area (Å²) in [4.78, 5) is 4.77. The largest absolute Gasteiger partial charge is 0.256 e. The molecule has 1 aromatic heterocycles. The molecule has 0 aliphatic heterocycles. The van der Waals surface area contributed by atoms with E-state index in [9.17, 15) is 0 Å². The van der Waals surface area contributed by atoms with Gasteiger partial charge in [-0.2, -0.15) is 0 Å². The molecule has 0 unspecified atom stereocenters. The van der Waals surface area contributed by atoms with Crippen molar-refractivity contribution in [3.63, 3.8) is 0 Å². The Morgan fingerprint density at radius 3 is 1.95 bits per heavy atom. The summed E-state index contributed by atoms with van der Waals surface area (Å²) in [5, 5.41) is 1.29. The summed E-state index contributed by atoms with van der Waals surface area (Å²) < 4.78 is 0. The van der Waals surface area contributed by atoms with Gasteiger partial charge in [0.15, 0.2) is 0 Å². The lowest BCUT2D eigenvalue weighted by molar-refractivity contribution is 0.583. The number of pyridine rings is 1. The number of rotatable bonds is 0. The molecule has 1 aromatic carbocycles. The fraction of sp³-hybridized carbons (Fsp3) is 0.500. The van der Waals surface area contributed by atoms with E-state index in [1.807, 2.05) is 0 Å². The minimum Gasteiger partial charge on any atom is -0.256 e. The van der Waals surface area contributed by atoms with Crippen LogP contribution in [0.2, 0.25) is 0 Å². The van der Waals surface area contributed by atoms with Gasteiger partial charge in [0.05, 0.1) is 5.52 Å². The van der Waals surface area contributed by atoms with Gasteiger partial charge >= 0.3 is 0 Å². The van der Waals surface area contributed by atoms with Gasteiger partial charge in [0.1, 0.15) is 0 Å². The maximum atomic E-state index is 4.77. The number of hydrogen-bond acceptors (Lipinski definition) is 1. The highest BCUT2D eigenvalue weighted by Crippen LogP contribution is 2.34. The molecule has 0 fully saturated rings. The van der Waals surface area contributed by atoms with Crippen LogP contribution in [0.4, 0.5) is 0 Å². The predicted molar refractivity (Wildman–Crippen MR) is 83.9 cm³/mol. The molecule has 2 rings (SSSR count). The first-order valence-electron chi connectivity index (χ1n) is 7.01. The van der Waals surface area contributed by atoms with Crippen LogP contribution in [-0.4, -0.2) is 4.98 Å². The summed E-state index contributed by atoms with van der Waals surface area (Å²) in [5.41, 5.74) is 5.45. The molecule has 0 N–H and O–H groups in total. The van der Waals surface area contributed by atoms with Crippen molar-refractivity contribution in [3.8, 4) is 0 Å². The van der Waals surface area contributed by atoms with Gasteiger partial charge in [-0.25, -0.2) is 0 Å². The first-order chi connectivity index (χ1) is 8.62. The van der Waals surface area contributed by atoms with Crippen LogP contribution in [0.15, 0.2) is 24.4 Å². The van der Waals surface area contributed by atoms with Crippen molar-refractivity contribution in [1.29, 1.82) is 0 Å². The highest BCUT2D eigenvalue weighted by atomic mass is 14.7. The number of fused-ring (bicyclic) bond motifs is 1. The third-order valence-electron chi connectivity index (χ3n) is 3.78. The second-order valence-corrected chi connectivity index (χ2v) is 7.50. The molecule has 102 valence electrons. The summed E-state index contributed by atoms with van der Waals surface area (Å²) in [6.07, 6.45) is 2.06. The molecule has 0 bridgehead atoms. The molecule has 0 aliphatic rings. The number of benzene rings is 1. The predicted octanol–water partition coefficient (Wildman–Crippen LogP) is 5.14. The molecule has 0 amide bonds. The third kappa shape index (κ3) is 2.51. The average Bonchev–Trinajstić information content (AvgIpc) is 2.26. The van der Waals surface area contributed by atoms with E-state index in [1.54, 1.807) is 0 Å². The zero-order valence-corrected chi connectivity index (χ0v) is 13.3. The minimum absolute atomic E-state index is 0.127. The zero-order chi connectivity index (χ0) is 14.4. The number of hydrogen-bond donors (Lipinski definition) is 0. The quantitative estimate of drug-likeness (QED) is 0.635. The van der Waals surface area contributed by atoms with E-state index in [1.165, 1.54) is 22.1 Å². The first-order valence-corrected chi connectivity index (χ1v) is 7.01. The second-order valence-electron chi connectivity index (χ2n) is 7.50. The fourth-order valence-corrected chi connectivity index (χ4v) is 2.72. The molecule has 1 nitrogen and oxygen atoms in total. The summed E-state index contributed by atoms with van der Waals surface area (Å²) in [6, 6.07) is 6.55. The maximum absolute atomic E-state index is 4.77. The summed E-state index contributed by atoms with van der Waals surface area (Å²) in [5.74, 6) is 0. The fourth-order valence-electron chi connectivity index (χ4n) is 2.72. The SMILES string of the molecule is Cc1c(C(C)(C)C)cnc2c(C(C)(C)C)cccc12. The number of nitrogens with zero attached hydrogens (tertiary/aromatic N) is 1. The Morgan fingerprint density at radius 2 is 1.42 bits per heavy atom. The summed E-state index contributed by atoms with van der Waals surface area (Å²) >= 11 is 0. The third-order valence-corrected chi connectivity index (χ3v) is 3.78. The lowest BCUT2D eigenvalue weighted by Crippen LogP contribution is -2.16. The second kappa shape index (κ2) is 4.33. The topological polar surface area (TPSA) is 12.9 Å². The van der Waals surface area contributed by atoms with Gasteiger partial charge in [-0.05, 0) is 34.4 Å². The Labute approximate surface area is 117 Å². The van der Waals surface area contributed by atoms with Crippen molar-refractivity contribution < 1.29 is 0 Å². The van der Waals surface area contributed by atoms with Crippen LogP contribution in [0.3, 0.4) is 0 Å². The van der Waals surface area contributed by atoms with E-state index >= 15 is 0 Å². The van der Waals surface area contributed by atoms with Crippen LogP contribution in [0.5, 0.6) is 0 Å². The molecular formula is C18H25N. The van der Waals surface area contributed by atoms with Crippen LogP contribution in [0, 0.1) is 6.92 Å². The van der Waals surface area contributed by atoms with Crippen LogP contribution in [0.25, 0.3) is 10.9 Å². The van der Waals surface area contributed by atoms with E-state index in [0.29, 0.717) is 0 Å². The molecule has 1 heterocycles. The van der Waals surface area contributed by atoms with Gasteiger partial charge in [0, 0.05) is 11.6 Å². The van der Waals surface area contributed by atoms with Crippen LogP contribution >= 0.6 is 0 Å². The van der Waals surface area contributed by atoms with E-state index < -0.39 is 0 Å².